The first-order valence-electron chi connectivity index (χ1n) is 10.1. The van der Waals surface area contributed by atoms with Crippen LogP contribution in [0.4, 0.5) is 0 Å². The van der Waals surface area contributed by atoms with Crippen molar-refractivity contribution in [3.8, 4) is 0 Å². The molecule has 158 valence electrons. The third-order valence-corrected chi connectivity index (χ3v) is 7.63. The van der Waals surface area contributed by atoms with Crippen LogP contribution >= 0.6 is 0 Å². The van der Waals surface area contributed by atoms with Gasteiger partial charge in [0.15, 0.2) is 0 Å². The van der Waals surface area contributed by atoms with Crippen LogP contribution in [0, 0.1) is 12.8 Å². The van der Waals surface area contributed by atoms with Crippen LogP contribution in [0.2, 0.25) is 0 Å². The molecular formula is C21H29N3O4S. The van der Waals surface area contributed by atoms with Gasteiger partial charge in [0, 0.05) is 25.8 Å². The minimum Gasteiger partial charge on any atom is -0.465 e. The Kier molecular flexibility index (Phi) is 6.74. The van der Waals surface area contributed by atoms with E-state index in [0.717, 1.165) is 25.7 Å². The lowest BCUT2D eigenvalue weighted by molar-refractivity contribution is 0.0600. The lowest BCUT2D eigenvalue weighted by Crippen LogP contribution is -2.38. The second-order valence-electron chi connectivity index (χ2n) is 7.51. The summed E-state index contributed by atoms with van der Waals surface area (Å²) in [6, 6.07) is 7.49. The Labute approximate surface area is 172 Å². The number of esters is 1. The van der Waals surface area contributed by atoms with Gasteiger partial charge in [0.25, 0.3) is 0 Å². The van der Waals surface area contributed by atoms with E-state index < -0.39 is 10.0 Å². The van der Waals surface area contributed by atoms with E-state index in [9.17, 15) is 13.2 Å². The van der Waals surface area contributed by atoms with Crippen LogP contribution in [-0.4, -0.2) is 48.7 Å². The van der Waals surface area contributed by atoms with Crippen LogP contribution < -0.4 is 0 Å². The van der Waals surface area contributed by atoms with Crippen molar-refractivity contribution >= 4 is 16.0 Å². The Morgan fingerprint density at radius 3 is 2.41 bits per heavy atom. The van der Waals surface area contributed by atoms with Crippen molar-refractivity contribution in [2.45, 2.75) is 51.0 Å². The van der Waals surface area contributed by atoms with E-state index in [0.29, 0.717) is 41.7 Å². The second-order valence-corrected chi connectivity index (χ2v) is 9.42. The number of benzene rings is 1. The van der Waals surface area contributed by atoms with E-state index in [1.165, 1.54) is 12.7 Å². The molecule has 0 amide bonds. The van der Waals surface area contributed by atoms with Gasteiger partial charge in [-0.25, -0.2) is 13.2 Å². The maximum Gasteiger partial charge on any atom is 0.337 e. The van der Waals surface area contributed by atoms with Gasteiger partial charge in [-0.2, -0.15) is 9.40 Å². The first-order valence-corrected chi connectivity index (χ1v) is 11.5. The van der Waals surface area contributed by atoms with E-state index in [-0.39, 0.29) is 5.97 Å². The highest BCUT2D eigenvalue weighted by atomic mass is 32.2. The number of sulfonamides is 1. The van der Waals surface area contributed by atoms with Crippen molar-refractivity contribution in [1.29, 1.82) is 0 Å². The summed E-state index contributed by atoms with van der Waals surface area (Å²) in [5.41, 5.74) is 2.29. The van der Waals surface area contributed by atoms with Gasteiger partial charge in [0.2, 0.25) is 10.0 Å². The molecule has 1 fully saturated rings. The molecule has 2 aromatic rings. The maximum absolute atomic E-state index is 13.0. The highest BCUT2D eigenvalue weighted by Gasteiger charge is 2.31. The van der Waals surface area contributed by atoms with Crippen molar-refractivity contribution in [1.82, 2.24) is 14.1 Å². The second kappa shape index (κ2) is 9.09. The molecule has 0 N–H and O–H groups in total. The molecule has 0 bridgehead atoms. The summed E-state index contributed by atoms with van der Waals surface area (Å²) >= 11 is 0. The van der Waals surface area contributed by atoms with Crippen LogP contribution in [0.3, 0.4) is 0 Å². The van der Waals surface area contributed by atoms with Gasteiger partial charge in [-0.3, -0.25) is 4.68 Å². The number of rotatable bonds is 7. The third kappa shape index (κ3) is 4.87. The number of carbonyl (C=O) groups excluding carboxylic acids is 1. The summed E-state index contributed by atoms with van der Waals surface area (Å²) in [5.74, 6) is 0.172. The molecule has 7 nitrogen and oxygen atoms in total. The highest BCUT2D eigenvalue weighted by Crippen LogP contribution is 2.27. The van der Waals surface area contributed by atoms with Crippen molar-refractivity contribution in [2.24, 2.45) is 5.92 Å². The quantitative estimate of drug-likeness (QED) is 0.645. The van der Waals surface area contributed by atoms with Crippen LogP contribution in [-0.2, 0) is 27.7 Å². The molecule has 0 radical (unpaired) electrons. The summed E-state index contributed by atoms with van der Waals surface area (Å²) in [6.07, 6.45) is 5.29. The summed E-state index contributed by atoms with van der Waals surface area (Å²) < 4.78 is 33.9. The molecule has 0 spiro atoms. The largest absolute Gasteiger partial charge is 0.465 e. The van der Waals surface area contributed by atoms with E-state index in [1.807, 2.05) is 19.1 Å². The number of carbonyl (C=O) groups is 1. The SMILES string of the molecule is CCn1cc(S(=O)(=O)N2CCC(CCc3ccc(C(=O)OC)cc3)CC2)c(C)n1. The van der Waals surface area contributed by atoms with E-state index >= 15 is 0 Å². The van der Waals surface area contributed by atoms with Gasteiger partial charge in [-0.15, -0.1) is 0 Å². The standard InChI is InChI=1S/C21H29N3O4S/c1-4-23-15-20(16(2)22-23)29(26,27)24-13-11-18(12-14-24)6-5-17-7-9-19(10-8-17)21(25)28-3/h7-10,15,18H,4-6,11-14H2,1-3H3. The fraction of sp³-hybridized carbons (Fsp3) is 0.524. The van der Waals surface area contributed by atoms with Crippen molar-refractivity contribution in [3.63, 3.8) is 0 Å². The van der Waals surface area contributed by atoms with Crippen LogP contribution in [0.5, 0.6) is 0 Å². The summed E-state index contributed by atoms with van der Waals surface area (Å²) in [5, 5.41) is 4.27. The highest BCUT2D eigenvalue weighted by molar-refractivity contribution is 7.89. The average molecular weight is 420 g/mol. The van der Waals surface area contributed by atoms with Crippen molar-refractivity contribution in [2.75, 3.05) is 20.2 Å². The van der Waals surface area contributed by atoms with Gasteiger partial charge >= 0.3 is 5.97 Å². The smallest absolute Gasteiger partial charge is 0.337 e. The topological polar surface area (TPSA) is 81.5 Å². The minimum atomic E-state index is -3.48. The molecule has 8 heteroatoms. The monoisotopic (exact) mass is 419 g/mol. The zero-order chi connectivity index (χ0) is 21.0. The molecule has 1 aliphatic heterocycles. The molecule has 0 saturated carbocycles. The summed E-state index contributed by atoms with van der Waals surface area (Å²) in [6.45, 7) is 5.43. The zero-order valence-corrected chi connectivity index (χ0v) is 18.1. The van der Waals surface area contributed by atoms with Gasteiger partial charge in [-0.1, -0.05) is 12.1 Å². The predicted octanol–water partition coefficient (Wildman–Crippen LogP) is 3.03. The van der Waals surface area contributed by atoms with Crippen LogP contribution in [0.25, 0.3) is 0 Å². The first-order chi connectivity index (χ1) is 13.8. The lowest BCUT2D eigenvalue weighted by Gasteiger charge is -2.31. The normalized spacial score (nSPS) is 16.1. The van der Waals surface area contributed by atoms with E-state index in [2.05, 4.69) is 5.10 Å². The lowest BCUT2D eigenvalue weighted by atomic mass is 9.91. The Morgan fingerprint density at radius 2 is 1.86 bits per heavy atom. The number of aromatic nitrogens is 2. The number of nitrogens with zero attached hydrogens (tertiary/aromatic N) is 3. The van der Waals surface area contributed by atoms with E-state index in [4.69, 9.17) is 4.74 Å². The Balaban J connectivity index is 1.53. The maximum atomic E-state index is 13.0. The molecule has 0 aliphatic carbocycles. The number of aryl methyl sites for hydroxylation is 3. The number of ether oxygens (including phenoxy) is 1. The first kappa shape index (κ1) is 21.5. The fourth-order valence-corrected chi connectivity index (χ4v) is 5.43. The molecule has 1 aromatic heterocycles. The van der Waals surface area contributed by atoms with Crippen molar-refractivity contribution < 1.29 is 17.9 Å². The summed E-state index contributed by atoms with van der Waals surface area (Å²) in [7, 11) is -2.11. The van der Waals surface area contributed by atoms with E-state index in [1.54, 1.807) is 34.2 Å². The molecule has 1 saturated heterocycles. The number of hydrogen-bond donors (Lipinski definition) is 0. The Bertz CT molecular complexity index is 943. The number of methoxy groups -OCH3 is 1. The zero-order valence-electron chi connectivity index (χ0n) is 17.3. The molecule has 2 heterocycles. The molecule has 0 unspecified atom stereocenters. The van der Waals surface area contributed by atoms with Gasteiger partial charge in [-0.05, 0) is 63.1 Å². The third-order valence-electron chi connectivity index (χ3n) is 5.63. The molecule has 1 aliphatic rings. The van der Waals surface area contributed by atoms with Gasteiger partial charge in [0.1, 0.15) is 4.90 Å². The fourth-order valence-electron chi connectivity index (χ4n) is 3.79. The Morgan fingerprint density at radius 1 is 1.21 bits per heavy atom. The number of hydrogen-bond acceptors (Lipinski definition) is 5. The minimum absolute atomic E-state index is 0.323. The number of piperidine rings is 1. The van der Waals surface area contributed by atoms with Crippen LogP contribution in [0.15, 0.2) is 35.4 Å². The predicted molar refractivity (Wildman–Crippen MR) is 110 cm³/mol. The molecule has 0 atom stereocenters. The molecule has 3 rings (SSSR count). The van der Waals surface area contributed by atoms with Gasteiger partial charge in [0.05, 0.1) is 18.4 Å². The average Bonchev–Trinajstić information content (AvgIpc) is 3.14. The molecular weight excluding hydrogens is 390 g/mol. The Hall–Kier alpha value is -2.19. The van der Waals surface area contributed by atoms with Gasteiger partial charge < -0.3 is 4.74 Å². The summed E-state index contributed by atoms with van der Waals surface area (Å²) in [4.78, 5) is 11.8. The van der Waals surface area contributed by atoms with Crippen LogP contribution in [0.1, 0.15) is 47.8 Å². The van der Waals surface area contributed by atoms with Crippen molar-refractivity contribution in [3.05, 3.63) is 47.3 Å². The molecule has 1 aromatic carbocycles. The molecule has 29 heavy (non-hydrogen) atoms.